The molecule has 0 saturated carbocycles. The van der Waals surface area contributed by atoms with Gasteiger partial charge in [-0.15, -0.1) is 11.8 Å². The highest BCUT2D eigenvalue weighted by atomic mass is 32.2. The molecule has 0 amide bonds. The number of benzene rings is 3. The lowest BCUT2D eigenvalue weighted by atomic mass is 10.1. The van der Waals surface area contributed by atoms with E-state index < -0.39 is 0 Å². The number of halogens is 1. The zero-order valence-electron chi connectivity index (χ0n) is 16.6. The molecule has 0 fully saturated rings. The van der Waals surface area contributed by atoms with E-state index >= 15 is 0 Å². The van der Waals surface area contributed by atoms with E-state index in [2.05, 4.69) is 29.7 Å². The molecule has 4 rings (SSSR count). The zero-order valence-corrected chi connectivity index (χ0v) is 17.4. The second kappa shape index (κ2) is 8.70. The number of thioether (sulfide) groups is 1. The van der Waals surface area contributed by atoms with Crippen LogP contribution in [0.25, 0.3) is 22.4 Å². The Hall–Kier alpha value is -2.79. The van der Waals surface area contributed by atoms with Crippen molar-refractivity contribution in [2.75, 3.05) is 12.9 Å². The maximum absolute atomic E-state index is 14.4. The van der Waals surface area contributed by atoms with Crippen LogP contribution in [-0.2, 0) is 6.54 Å². The van der Waals surface area contributed by atoms with Crippen molar-refractivity contribution < 1.29 is 9.13 Å². The molecule has 0 unspecified atom stereocenters. The summed E-state index contributed by atoms with van der Waals surface area (Å²) in [5.74, 6) is 2.43. The van der Waals surface area contributed by atoms with E-state index in [-0.39, 0.29) is 5.82 Å². The standard InChI is InChI=1S/C24H23FN2OS/c1-3-13-29-20-11-12-22-23(15-20)27(16-18-7-4-5-10-21(18)25)24(26-22)17-8-6-9-19(14-17)28-2/h4-12,14-15H,3,13,16H2,1-2H3. The summed E-state index contributed by atoms with van der Waals surface area (Å²) in [5, 5.41) is 0. The topological polar surface area (TPSA) is 27.1 Å². The minimum atomic E-state index is -0.206. The molecule has 0 aliphatic rings. The summed E-state index contributed by atoms with van der Waals surface area (Å²) in [5.41, 5.74) is 3.49. The molecule has 3 aromatic carbocycles. The largest absolute Gasteiger partial charge is 0.497 e. The van der Waals surface area contributed by atoms with Crippen molar-refractivity contribution in [1.29, 1.82) is 0 Å². The van der Waals surface area contributed by atoms with Crippen molar-refractivity contribution >= 4 is 22.8 Å². The maximum Gasteiger partial charge on any atom is 0.141 e. The first-order valence-electron chi connectivity index (χ1n) is 9.70. The van der Waals surface area contributed by atoms with Gasteiger partial charge in [-0.3, -0.25) is 0 Å². The van der Waals surface area contributed by atoms with Crippen LogP contribution in [0.1, 0.15) is 18.9 Å². The lowest BCUT2D eigenvalue weighted by Crippen LogP contribution is -2.04. The molecular weight excluding hydrogens is 383 g/mol. The third-order valence-corrected chi connectivity index (χ3v) is 6.01. The SMILES string of the molecule is CCCSc1ccc2nc(-c3cccc(OC)c3)n(Cc3ccccc3F)c2c1. The van der Waals surface area contributed by atoms with Gasteiger partial charge in [-0.25, -0.2) is 9.37 Å². The highest BCUT2D eigenvalue weighted by Gasteiger charge is 2.15. The number of methoxy groups -OCH3 is 1. The fraction of sp³-hybridized carbons (Fsp3) is 0.208. The minimum absolute atomic E-state index is 0.206. The average molecular weight is 407 g/mol. The number of aromatic nitrogens is 2. The average Bonchev–Trinajstić information content (AvgIpc) is 3.11. The molecule has 0 spiro atoms. The predicted octanol–water partition coefficient (Wildman–Crippen LogP) is 6.40. The van der Waals surface area contributed by atoms with Crippen molar-refractivity contribution in [3.05, 3.63) is 78.1 Å². The number of fused-ring (bicyclic) bond motifs is 1. The maximum atomic E-state index is 14.4. The Kier molecular flexibility index (Phi) is 5.86. The van der Waals surface area contributed by atoms with Gasteiger partial charge in [0.2, 0.25) is 0 Å². The summed E-state index contributed by atoms with van der Waals surface area (Å²) in [6, 6.07) is 21.1. The third kappa shape index (κ3) is 4.15. The quantitative estimate of drug-likeness (QED) is 0.332. The summed E-state index contributed by atoms with van der Waals surface area (Å²) in [4.78, 5) is 6.08. The lowest BCUT2D eigenvalue weighted by molar-refractivity contribution is 0.415. The highest BCUT2D eigenvalue weighted by Crippen LogP contribution is 2.31. The molecule has 0 bridgehead atoms. The Bertz CT molecular complexity index is 1140. The number of hydrogen-bond acceptors (Lipinski definition) is 3. The monoisotopic (exact) mass is 406 g/mol. The second-order valence-electron chi connectivity index (χ2n) is 6.84. The van der Waals surface area contributed by atoms with E-state index in [0.29, 0.717) is 12.1 Å². The van der Waals surface area contributed by atoms with E-state index in [0.717, 1.165) is 40.3 Å². The molecule has 0 aliphatic heterocycles. The van der Waals surface area contributed by atoms with Gasteiger partial charge in [0.1, 0.15) is 17.4 Å². The molecular formula is C24H23FN2OS. The van der Waals surface area contributed by atoms with Gasteiger partial charge < -0.3 is 9.30 Å². The van der Waals surface area contributed by atoms with Crippen LogP contribution in [0.3, 0.4) is 0 Å². The Morgan fingerprint density at radius 1 is 1.03 bits per heavy atom. The van der Waals surface area contributed by atoms with Crippen molar-refractivity contribution in [2.24, 2.45) is 0 Å². The van der Waals surface area contributed by atoms with Gasteiger partial charge in [-0.2, -0.15) is 0 Å². The molecule has 0 atom stereocenters. The Morgan fingerprint density at radius 2 is 1.90 bits per heavy atom. The van der Waals surface area contributed by atoms with Gasteiger partial charge in [0.15, 0.2) is 0 Å². The first-order valence-corrected chi connectivity index (χ1v) is 10.7. The van der Waals surface area contributed by atoms with Crippen LogP contribution in [-0.4, -0.2) is 22.4 Å². The molecule has 4 aromatic rings. The molecule has 29 heavy (non-hydrogen) atoms. The summed E-state index contributed by atoms with van der Waals surface area (Å²) in [7, 11) is 1.65. The Balaban J connectivity index is 1.88. The smallest absolute Gasteiger partial charge is 0.141 e. The molecule has 3 nitrogen and oxygen atoms in total. The highest BCUT2D eigenvalue weighted by molar-refractivity contribution is 7.99. The van der Waals surface area contributed by atoms with Gasteiger partial charge in [-0.1, -0.05) is 37.3 Å². The molecule has 1 aromatic heterocycles. The van der Waals surface area contributed by atoms with Crippen LogP contribution >= 0.6 is 11.8 Å². The zero-order chi connectivity index (χ0) is 20.2. The number of rotatable bonds is 7. The second-order valence-corrected chi connectivity index (χ2v) is 8.01. The fourth-order valence-corrected chi connectivity index (χ4v) is 4.15. The molecule has 5 heteroatoms. The first kappa shape index (κ1) is 19.5. The van der Waals surface area contributed by atoms with Crippen LogP contribution < -0.4 is 4.74 Å². The van der Waals surface area contributed by atoms with Crippen molar-refractivity contribution in [3.8, 4) is 17.1 Å². The van der Waals surface area contributed by atoms with Gasteiger partial charge in [0.05, 0.1) is 24.7 Å². The fourth-order valence-electron chi connectivity index (χ4n) is 3.35. The van der Waals surface area contributed by atoms with Crippen molar-refractivity contribution in [3.63, 3.8) is 0 Å². The number of imidazole rings is 1. The van der Waals surface area contributed by atoms with Crippen molar-refractivity contribution in [2.45, 2.75) is 24.8 Å². The van der Waals surface area contributed by atoms with Crippen LogP contribution in [0, 0.1) is 5.82 Å². The van der Waals surface area contributed by atoms with Crippen LogP contribution in [0.5, 0.6) is 5.75 Å². The van der Waals surface area contributed by atoms with E-state index in [9.17, 15) is 4.39 Å². The van der Waals surface area contributed by atoms with Crippen LogP contribution in [0.4, 0.5) is 4.39 Å². The van der Waals surface area contributed by atoms with Gasteiger partial charge in [-0.05, 0) is 48.6 Å². The Morgan fingerprint density at radius 3 is 2.69 bits per heavy atom. The normalized spacial score (nSPS) is 11.1. The predicted molar refractivity (Wildman–Crippen MR) is 118 cm³/mol. The van der Waals surface area contributed by atoms with Crippen LogP contribution in [0.2, 0.25) is 0 Å². The summed E-state index contributed by atoms with van der Waals surface area (Å²) in [6.45, 7) is 2.59. The number of nitrogens with zero attached hydrogens (tertiary/aromatic N) is 2. The van der Waals surface area contributed by atoms with E-state index in [1.807, 2.05) is 48.2 Å². The number of ether oxygens (including phenoxy) is 1. The number of hydrogen-bond donors (Lipinski definition) is 0. The summed E-state index contributed by atoms with van der Waals surface area (Å²) in [6.07, 6.45) is 1.12. The van der Waals surface area contributed by atoms with Crippen molar-refractivity contribution in [1.82, 2.24) is 9.55 Å². The molecule has 0 radical (unpaired) electrons. The van der Waals surface area contributed by atoms with E-state index in [4.69, 9.17) is 9.72 Å². The molecule has 0 saturated heterocycles. The third-order valence-electron chi connectivity index (χ3n) is 4.81. The summed E-state index contributed by atoms with van der Waals surface area (Å²) < 4.78 is 21.9. The van der Waals surface area contributed by atoms with E-state index in [1.165, 1.54) is 11.0 Å². The minimum Gasteiger partial charge on any atom is -0.497 e. The molecule has 0 N–H and O–H groups in total. The molecule has 148 valence electrons. The molecule has 1 heterocycles. The Labute approximate surface area is 174 Å². The first-order chi connectivity index (χ1) is 14.2. The van der Waals surface area contributed by atoms with Gasteiger partial charge in [0.25, 0.3) is 0 Å². The summed E-state index contributed by atoms with van der Waals surface area (Å²) >= 11 is 1.83. The molecule has 0 aliphatic carbocycles. The van der Waals surface area contributed by atoms with Crippen LogP contribution in [0.15, 0.2) is 71.6 Å². The van der Waals surface area contributed by atoms with E-state index in [1.54, 1.807) is 13.2 Å². The van der Waals surface area contributed by atoms with Gasteiger partial charge >= 0.3 is 0 Å². The van der Waals surface area contributed by atoms with Gasteiger partial charge in [0, 0.05) is 16.0 Å². The lowest BCUT2D eigenvalue weighted by Gasteiger charge is -2.12.